The highest BCUT2D eigenvalue weighted by Gasteiger charge is 2.32. The molecule has 7 nitrogen and oxygen atoms in total. The van der Waals surface area contributed by atoms with Gasteiger partial charge in [0.15, 0.2) is 5.16 Å². The van der Waals surface area contributed by atoms with Crippen LogP contribution in [-0.2, 0) is 11.3 Å². The summed E-state index contributed by atoms with van der Waals surface area (Å²) in [5.41, 5.74) is 0.996. The molecular weight excluding hydrogens is 416 g/mol. The summed E-state index contributed by atoms with van der Waals surface area (Å²) < 4.78 is 3.43. The van der Waals surface area contributed by atoms with E-state index in [1.807, 2.05) is 25.2 Å². The lowest BCUT2D eigenvalue weighted by molar-refractivity contribution is -0.127. The van der Waals surface area contributed by atoms with Crippen molar-refractivity contribution in [3.05, 3.63) is 29.3 Å². The first-order valence-electron chi connectivity index (χ1n) is 10.6. The number of hydrogen-bond acceptors (Lipinski definition) is 7. The summed E-state index contributed by atoms with van der Waals surface area (Å²) in [6.07, 6.45) is 6.09. The Hall–Kier alpha value is -2.13. The first-order chi connectivity index (χ1) is 14.7. The van der Waals surface area contributed by atoms with Gasteiger partial charge in [0, 0.05) is 26.2 Å². The number of benzene rings is 1. The Labute approximate surface area is 184 Å². The summed E-state index contributed by atoms with van der Waals surface area (Å²) >= 11 is 3.15. The van der Waals surface area contributed by atoms with Gasteiger partial charge in [-0.25, -0.2) is 4.98 Å². The van der Waals surface area contributed by atoms with Crippen molar-refractivity contribution < 1.29 is 4.79 Å². The molecule has 1 saturated carbocycles. The summed E-state index contributed by atoms with van der Waals surface area (Å²) in [6, 6.07) is 8.58. The van der Waals surface area contributed by atoms with Gasteiger partial charge in [0.05, 0.1) is 22.5 Å². The van der Waals surface area contributed by atoms with E-state index in [2.05, 4.69) is 30.7 Å². The van der Waals surface area contributed by atoms with Crippen LogP contribution in [-0.4, -0.2) is 56.4 Å². The highest BCUT2D eigenvalue weighted by Crippen LogP contribution is 2.41. The monoisotopic (exact) mass is 442 g/mol. The first-order valence-corrected chi connectivity index (χ1v) is 12.4. The van der Waals surface area contributed by atoms with Crippen molar-refractivity contribution >= 4 is 45.2 Å². The third kappa shape index (κ3) is 4.18. The minimum Gasteiger partial charge on any atom is -0.341 e. The predicted molar refractivity (Wildman–Crippen MR) is 121 cm³/mol. The predicted octanol–water partition coefficient (Wildman–Crippen LogP) is 3.96. The van der Waals surface area contributed by atoms with Crippen LogP contribution in [0.2, 0.25) is 0 Å². The molecule has 3 aromatic rings. The van der Waals surface area contributed by atoms with Crippen molar-refractivity contribution in [2.45, 2.75) is 49.8 Å². The zero-order valence-corrected chi connectivity index (χ0v) is 18.8. The van der Waals surface area contributed by atoms with Gasteiger partial charge >= 0.3 is 0 Å². The molecule has 1 aliphatic heterocycles. The van der Waals surface area contributed by atoms with Gasteiger partial charge in [0.2, 0.25) is 11.9 Å². The number of piperidine rings is 1. The first kappa shape index (κ1) is 19.8. The molecule has 3 heterocycles. The van der Waals surface area contributed by atoms with E-state index in [-0.39, 0.29) is 5.91 Å². The second-order valence-corrected chi connectivity index (χ2v) is 10.1. The Morgan fingerprint density at radius 3 is 2.77 bits per heavy atom. The lowest BCUT2D eigenvalue weighted by Gasteiger charge is -2.27. The fraction of sp³-hybridized carbons (Fsp3) is 0.524. The van der Waals surface area contributed by atoms with Crippen LogP contribution in [0.5, 0.6) is 0 Å². The molecule has 30 heavy (non-hydrogen) atoms. The highest BCUT2D eigenvalue weighted by molar-refractivity contribution is 7.99. The molecule has 1 aromatic carbocycles. The van der Waals surface area contributed by atoms with Crippen LogP contribution in [0.4, 0.5) is 5.95 Å². The number of amides is 1. The van der Waals surface area contributed by atoms with Gasteiger partial charge in [0.25, 0.3) is 0 Å². The molecule has 0 spiro atoms. The van der Waals surface area contributed by atoms with Gasteiger partial charge in [0.1, 0.15) is 5.01 Å². The summed E-state index contributed by atoms with van der Waals surface area (Å²) in [5.74, 6) is 1.45. The topological polar surface area (TPSA) is 67.2 Å². The van der Waals surface area contributed by atoms with E-state index < -0.39 is 0 Å². The van der Waals surface area contributed by atoms with Crippen molar-refractivity contribution in [3.8, 4) is 0 Å². The van der Waals surface area contributed by atoms with Crippen LogP contribution in [0.15, 0.2) is 29.4 Å². The fourth-order valence-electron chi connectivity index (χ4n) is 3.84. The molecular formula is C21H26N6OS2. The van der Waals surface area contributed by atoms with Crippen molar-refractivity contribution in [1.29, 1.82) is 0 Å². The maximum absolute atomic E-state index is 12.8. The summed E-state index contributed by atoms with van der Waals surface area (Å²) in [6.45, 7) is 2.64. The van der Waals surface area contributed by atoms with Gasteiger partial charge in [-0.15, -0.1) is 21.5 Å². The maximum Gasteiger partial charge on any atom is 0.233 e. The summed E-state index contributed by atoms with van der Waals surface area (Å²) in [7, 11) is 1.85. The van der Waals surface area contributed by atoms with Crippen LogP contribution in [0, 0.1) is 0 Å². The van der Waals surface area contributed by atoms with E-state index in [0.717, 1.165) is 39.4 Å². The second kappa shape index (κ2) is 8.55. The number of aromatic nitrogens is 4. The number of thioether (sulfide) groups is 1. The van der Waals surface area contributed by atoms with E-state index in [9.17, 15) is 4.79 Å². The number of para-hydroxylation sites is 1. The van der Waals surface area contributed by atoms with Gasteiger partial charge < -0.3 is 9.80 Å². The van der Waals surface area contributed by atoms with E-state index in [1.54, 1.807) is 16.2 Å². The summed E-state index contributed by atoms with van der Waals surface area (Å²) in [5, 5.41) is 10.8. The number of carbonyl (C=O) groups is 1. The van der Waals surface area contributed by atoms with Crippen molar-refractivity contribution in [2.75, 3.05) is 30.8 Å². The molecule has 0 atom stereocenters. The molecule has 0 bridgehead atoms. The molecule has 1 amide bonds. The Morgan fingerprint density at radius 2 is 2.00 bits per heavy atom. The Morgan fingerprint density at radius 1 is 1.20 bits per heavy atom. The number of carbonyl (C=O) groups excluding carboxylic acids is 1. The third-order valence-corrected chi connectivity index (χ3v) is 7.61. The van der Waals surface area contributed by atoms with E-state index in [0.29, 0.717) is 18.3 Å². The average molecular weight is 443 g/mol. The molecule has 2 fully saturated rings. The van der Waals surface area contributed by atoms with Gasteiger partial charge in [-0.3, -0.25) is 9.36 Å². The minimum atomic E-state index is 0.0872. The number of nitrogens with zero attached hydrogens (tertiary/aromatic N) is 6. The molecule has 1 saturated heterocycles. The quantitative estimate of drug-likeness (QED) is 0.516. The molecule has 1 aliphatic carbocycles. The summed E-state index contributed by atoms with van der Waals surface area (Å²) in [4.78, 5) is 21.5. The molecule has 2 aromatic heterocycles. The van der Waals surface area contributed by atoms with Crippen LogP contribution >= 0.6 is 23.1 Å². The Bertz CT molecular complexity index is 1000. The lowest BCUT2D eigenvalue weighted by atomic mass is 10.1. The molecule has 9 heteroatoms. The van der Waals surface area contributed by atoms with Gasteiger partial charge in [-0.1, -0.05) is 23.9 Å². The van der Waals surface area contributed by atoms with Gasteiger partial charge in [-0.2, -0.15) is 0 Å². The van der Waals surface area contributed by atoms with E-state index >= 15 is 0 Å². The third-order valence-electron chi connectivity index (χ3n) is 5.66. The van der Waals surface area contributed by atoms with Crippen molar-refractivity contribution in [2.24, 2.45) is 0 Å². The van der Waals surface area contributed by atoms with Crippen LogP contribution < -0.4 is 4.90 Å². The molecule has 0 N–H and O–H groups in total. The van der Waals surface area contributed by atoms with E-state index in [4.69, 9.17) is 0 Å². The highest BCUT2D eigenvalue weighted by atomic mass is 32.2. The largest absolute Gasteiger partial charge is 0.341 e. The minimum absolute atomic E-state index is 0.0872. The zero-order valence-electron chi connectivity index (χ0n) is 17.2. The van der Waals surface area contributed by atoms with Gasteiger partial charge in [-0.05, 0) is 44.2 Å². The SMILES string of the molecule is CN(Cc1nc2ccccc2s1)C(=O)CSc1nnc(N2CCCCC2)n1C1CC1. The fourth-order valence-corrected chi connectivity index (χ4v) is 5.81. The van der Waals surface area contributed by atoms with Crippen LogP contribution in [0.25, 0.3) is 10.2 Å². The number of rotatable bonds is 7. The average Bonchev–Trinajstić information content (AvgIpc) is 3.38. The molecule has 0 radical (unpaired) electrons. The zero-order chi connectivity index (χ0) is 20.5. The number of anilines is 1. The normalized spacial score (nSPS) is 16.9. The molecule has 2 aliphatic rings. The lowest BCUT2D eigenvalue weighted by Crippen LogP contribution is -2.32. The Kier molecular flexibility index (Phi) is 5.64. The second-order valence-electron chi connectivity index (χ2n) is 8.05. The number of hydrogen-bond donors (Lipinski definition) is 0. The number of thiazole rings is 1. The molecule has 158 valence electrons. The van der Waals surface area contributed by atoms with E-state index in [1.165, 1.54) is 43.9 Å². The maximum atomic E-state index is 12.8. The standard InChI is InChI=1S/C21H26N6OS2/c1-25(13-18-22-16-7-3-4-8-17(16)30-18)19(28)14-29-21-24-23-20(27(21)15-9-10-15)26-11-5-2-6-12-26/h3-4,7-8,15H,2,5-6,9-14H2,1H3. The molecule has 5 rings (SSSR count). The Balaban J connectivity index is 1.23. The molecule has 0 unspecified atom stereocenters. The van der Waals surface area contributed by atoms with Crippen molar-refractivity contribution in [1.82, 2.24) is 24.6 Å². The number of fused-ring (bicyclic) bond motifs is 1. The van der Waals surface area contributed by atoms with Crippen molar-refractivity contribution in [3.63, 3.8) is 0 Å². The van der Waals surface area contributed by atoms with Crippen LogP contribution in [0.1, 0.15) is 43.2 Å². The van der Waals surface area contributed by atoms with Crippen LogP contribution in [0.3, 0.4) is 0 Å². The smallest absolute Gasteiger partial charge is 0.233 e.